The van der Waals surface area contributed by atoms with E-state index in [0.717, 1.165) is 11.1 Å². The minimum atomic E-state index is -0.0949. The van der Waals surface area contributed by atoms with Crippen LogP contribution in [-0.4, -0.2) is 24.2 Å². The van der Waals surface area contributed by atoms with Crippen LogP contribution < -0.4 is 10.1 Å². The fourth-order valence-corrected chi connectivity index (χ4v) is 2.55. The second-order valence-electron chi connectivity index (χ2n) is 4.78. The van der Waals surface area contributed by atoms with Crippen molar-refractivity contribution in [2.45, 2.75) is 20.0 Å². The number of aromatic nitrogens is 1. The highest BCUT2D eigenvalue weighted by Gasteiger charge is 2.15. The summed E-state index contributed by atoms with van der Waals surface area (Å²) >= 11 is 12.5. The number of nitrogens with zero attached hydrogens (tertiary/aromatic N) is 1. The largest absolute Gasteiger partial charge is 0.486 e. The van der Waals surface area contributed by atoms with Gasteiger partial charge in [0.1, 0.15) is 11.6 Å². The number of hydrogen-bond acceptors (Lipinski definition) is 3. The van der Waals surface area contributed by atoms with Gasteiger partial charge in [0, 0.05) is 17.6 Å². The summed E-state index contributed by atoms with van der Waals surface area (Å²) < 4.78 is 5.93. The van der Waals surface area contributed by atoms with Crippen LogP contribution in [0.3, 0.4) is 0 Å². The van der Waals surface area contributed by atoms with Crippen molar-refractivity contribution >= 4 is 34.1 Å². The molecule has 1 atom stereocenters. The molecular weight excluding hydrogens is 307 g/mol. The van der Waals surface area contributed by atoms with Crippen LogP contribution in [-0.2, 0) is 0 Å². The van der Waals surface area contributed by atoms with Gasteiger partial charge in [-0.05, 0) is 32.0 Å². The normalized spacial score (nSPS) is 12.1. The first-order valence-corrected chi connectivity index (χ1v) is 7.34. The second kappa shape index (κ2) is 7.00. The summed E-state index contributed by atoms with van der Waals surface area (Å²) in [7, 11) is 0. The molecule has 0 fully saturated rings. The number of benzene rings is 1. The summed E-state index contributed by atoms with van der Waals surface area (Å²) in [6.45, 7) is 4.97. The molecule has 1 heterocycles. The number of fused-ring (bicyclic) bond motifs is 1. The van der Waals surface area contributed by atoms with E-state index in [1.807, 2.05) is 26.0 Å². The zero-order valence-electron chi connectivity index (χ0n) is 11.9. The van der Waals surface area contributed by atoms with Crippen molar-refractivity contribution in [3.63, 3.8) is 0 Å². The highest BCUT2D eigenvalue weighted by Crippen LogP contribution is 2.37. The molecular formula is C16H16Cl2N2O. The number of halogens is 2. The van der Waals surface area contributed by atoms with Crippen molar-refractivity contribution in [1.29, 1.82) is 0 Å². The maximum absolute atomic E-state index is 6.26. The fourth-order valence-electron chi connectivity index (χ4n) is 1.99. The van der Waals surface area contributed by atoms with Crippen LogP contribution in [0.2, 0.25) is 10.0 Å². The van der Waals surface area contributed by atoms with Crippen molar-refractivity contribution in [2.75, 3.05) is 13.1 Å². The van der Waals surface area contributed by atoms with Crippen LogP contribution in [0.25, 0.3) is 10.9 Å². The molecule has 0 amide bonds. The fraction of sp³-hybridized carbons (Fsp3) is 0.312. The van der Waals surface area contributed by atoms with Crippen molar-refractivity contribution in [2.24, 2.45) is 0 Å². The minimum Gasteiger partial charge on any atom is -0.486 e. The summed E-state index contributed by atoms with van der Waals surface area (Å²) in [5.41, 5.74) is 1.56. The van der Waals surface area contributed by atoms with Crippen LogP contribution in [0, 0.1) is 19.3 Å². The van der Waals surface area contributed by atoms with E-state index in [1.54, 1.807) is 6.07 Å². The van der Waals surface area contributed by atoms with E-state index >= 15 is 0 Å². The number of hydrogen-bond donors (Lipinski definition) is 1. The van der Waals surface area contributed by atoms with Gasteiger partial charge < -0.3 is 10.1 Å². The molecule has 2 rings (SSSR count). The molecule has 0 saturated carbocycles. The van der Waals surface area contributed by atoms with E-state index in [0.29, 0.717) is 34.4 Å². The Labute approximate surface area is 134 Å². The Morgan fingerprint density at radius 1 is 1.38 bits per heavy atom. The van der Waals surface area contributed by atoms with E-state index in [2.05, 4.69) is 16.2 Å². The molecule has 0 aliphatic heterocycles. The average Bonchev–Trinajstić information content (AvgIpc) is 2.43. The third-order valence-corrected chi connectivity index (χ3v) is 3.55. The molecule has 1 N–H and O–H groups in total. The van der Waals surface area contributed by atoms with Gasteiger partial charge in [-0.15, -0.1) is 6.42 Å². The Kier molecular flexibility index (Phi) is 5.30. The lowest BCUT2D eigenvalue weighted by Gasteiger charge is -2.18. The third-order valence-electron chi connectivity index (χ3n) is 2.96. The van der Waals surface area contributed by atoms with E-state index < -0.39 is 0 Å². The highest BCUT2D eigenvalue weighted by atomic mass is 35.5. The van der Waals surface area contributed by atoms with Gasteiger partial charge in [-0.2, -0.15) is 0 Å². The zero-order chi connectivity index (χ0) is 15.4. The van der Waals surface area contributed by atoms with E-state index in [1.165, 1.54) is 0 Å². The lowest BCUT2D eigenvalue weighted by atomic mass is 10.2. The molecule has 1 unspecified atom stereocenters. The lowest BCUT2D eigenvalue weighted by molar-refractivity contribution is 0.222. The first-order valence-electron chi connectivity index (χ1n) is 6.59. The van der Waals surface area contributed by atoms with Crippen LogP contribution >= 0.6 is 23.2 Å². The quantitative estimate of drug-likeness (QED) is 0.670. The first kappa shape index (κ1) is 15.9. The monoisotopic (exact) mass is 322 g/mol. The van der Waals surface area contributed by atoms with Gasteiger partial charge in [0.15, 0.2) is 5.75 Å². The minimum absolute atomic E-state index is 0.0949. The Balaban J connectivity index is 2.34. The summed E-state index contributed by atoms with van der Waals surface area (Å²) in [5, 5.41) is 4.94. The number of aryl methyl sites for hydroxylation is 1. The van der Waals surface area contributed by atoms with Crippen LogP contribution in [0.5, 0.6) is 5.75 Å². The Bertz CT molecular complexity index is 695. The Morgan fingerprint density at radius 3 is 2.86 bits per heavy atom. The first-order chi connectivity index (χ1) is 10.0. The number of nitrogens with one attached hydrogen (secondary N) is 1. The zero-order valence-corrected chi connectivity index (χ0v) is 13.4. The van der Waals surface area contributed by atoms with Crippen molar-refractivity contribution in [1.82, 2.24) is 10.3 Å². The van der Waals surface area contributed by atoms with Crippen molar-refractivity contribution < 1.29 is 4.74 Å². The molecule has 1 aromatic heterocycles. The molecule has 3 nitrogen and oxygen atoms in total. The number of ether oxygens (including phenoxy) is 1. The standard InChI is InChI=1S/C16H16Cl2N2O/c1-4-7-19-9-11(3)21-16-14(18)8-13(17)12-6-5-10(2)20-15(12)16/h1,5-6,8,11,19H,7,9H2,2-3H3. The maximum Gasteiger partial charge on any atom is 0.164 e. The van der Waals surface area contributed by atoms with Gasteiger partial charge >= 0.3 is 0 Å². The average molecular weight is 323 g/mol. The smallest absolute Gasteiger partial charge is 0.164 e. The SMILES string of the molecule is C#CCNCC(C)Oc1c(Cl)cc(Cl)c2ccc(C)nc12. The molecule has 0 spiro atoms. The predicted molar refractivity (Wildman–Crippen MR) is 88.3 cm³/mol. The number of rotatable bonds is 5. The predicted octanol–water partition coefficient (Wildman–Crippen LogP) is 3.84. The van der Waals surface area contributed by atoms with E-state index in [-0.39, 0.29) is 6.10 Å². The van der Waals surface area contributed by atoms with Crippen molar-refractivity contribution in [3.05, 3.63) is 33.9 Å². The van der Waals surface area contributed by atoms with E-state index in [4.69, 9.17) is 34.4 Å². The molecule has 5 heteroatoms. The van der Waals surface area contributed by atoms with Gasteiger partial charge in [-0.1, -0.05) is 29.1 Å². The summed E-state index contributed by atoms with van der Waals surface area (Å²) in [5.74, 6) is 3.07. The maximum atomic E-state index is 6.26. The highest BCUT2D eigenvalue weighted by molar-refractivity contribution is 6.39. The molecule has 110 valence electrons. The molecule has 0 radical (unpaired) electrons. The van der Waals surface area contributed by atoms with Gasteiger partial charge in [0.2, 0.25) is 0 Å². The Morgan fingerprint density at radius 2 is 2.14 bits per heavy atom. The summed E-state index contributed by atoms with van der Waals surface area (Å²) in [6, 6.07) is 5.51. The molecule has 2 aromatic rings. The van der Waals surface area contributed by atoms with Gasteiger partial charge in [-0.3, -0.25) is 0 Å². The van der Waals surface area contributed by atoms with Gasteiger partial charge in [-0.25, -0.2) is 4.98 Å². The number of pyridine rings is 1. The lowest BCUT2D eigenvalue weighted by Crippen LogP contribution is -2.29. The van der Waals surface area contributed by atoms with Crippen LogP contribution in [0.4, 0.5) is 0 Å². The van der Waals surface area contributed by atoms with Gasteiger partial charge in [0.25, 0.3) is 0 Å². The molecule has 21 heavy (non-hydrogen) atoms. The topological polar surface area (TPSA) is 34.1 Å². The second-order valence-corrected chi connectivity index (χ2v) is 5.60. The molecule has 0 saturated heterocycles. The molecule has 0 bridgehead atoms. The van der Waals surface area contributed by atoms with Gasteiger partial charge in [0.05, 0.1) is 16.6 Å². The van der Waals surface area contributed by atoms with Crippen LogP contribution in [0.15, 0.2) is 18.2 Å². The number of terminal acetylenes is 1. The molecule has 1 aromatic carbocycles. The summed E-state index contributed by atoms with van der Waals surface area (Å²) in [4.78, 5) is 4.50. The third kappa shape index (κ3) is 3.79. The van der Waals surface area contributed by atoms with Crippen LogP contribution in [0.1, 0.15) is 12.6 Å². The molecule has 0 aliphatic rings. The summed E-state index contributed by atoms with van der Waals surface area (Å²) in [6.07, 6.45) is 5.11. The molecule has 0 aliphatic carbocycles. The Hall–Kier alpha value is -1.47. The van der Waals surface area contributed by atoms with Crippen molar-refractivity contribution in [3.8, 4) is 18.1 Å². The van der Waals surface area contributed by atoms with E-state index in [9.17, 15) is 0 Å².